The first-order chi connectivity index (χ1) is 29.2. The van der Waals surface area contributed by atoms with E-state index in [4.69, 9.17) is 26.8 Å². The van der Waals surface area contributed by atoms with Crippen LogP contribution in [0.3, 0.4) is 0 Å². The summed E-state index contributed by atoms with van der Waals surface area (Å²) in [6.07, 6.45) is -1.69. The zero-order valence-corrected chi connectivity index (χ0v) is 34.3. The van der Waals surface area contributed by atoms with Crippen LogP contribution < -0.4 is 16.0 Å². The normalized spacial score (nSPS) is 18.2. The Bertz CT molecular complexity index is 2100. The Labute approximate surface area is 355 Å². The highest BCUT2D eigenvalue weighted by molar-refractivity contribution is 6.33. The van der Waals surface area contributed by atoms with Gasteiger partial charge in [0.1, 0.15) is 5.82 Å². The molecule has 0 radical (unpaired) electrons. The van der Waals surface area contributed by atoms with Crippen molar-refractivity contribution in [3.63, 3.8) is 0 Å². The van der Waals surface area contributed by atoms with Crippen molar-refractivity contribution in [2.45, 2.75) is 63.3 Å². The van der Waals surface area contributed by atoms with Crippen molar-refractivity contribution in [1.82, 2.24) is 24.6 Å². The van der Waals surface area contributed by atoms with Crippen LogP contribution in [0.1, 0.15) is 59.2 Å². The number of likely N-dealkylation sites (tertiary alicyclic amines) is 2. The second-order valence-corrected chi connectivity index (χ2v) is 16.0. The molecule has 1 aromatic heterocycles. The van der Waals surface area contributed by atoms with Crippen molar-refractivity contribution in [1.29, 1.82) is 0 Å². The molecule has 0 bridgehead atoms. The number of carbonyl (C=O) groups excluding carboxylic acids is 5. The van der Waals surface area contributed by atoms with Gasteiger partial charge >= 0.3 is 24.3 Å². The van der Waals surface area contributed by atoms with Crippen LogP contribution >= 0.6 is 11.6 Å². The number of urea groups is 1. The van der Waals surface area contributed by atoms with E-state index in [1.54, 1.807) is 21.9 Å². The number of hydrogen-bond donors (Lipinski definition) is 2. The van der Waals surface area contributed by atoms with Gasteiger partial charge in [-0.15, -0.1) is 0 Å². The molecule has 3 N–H and O–H groups in total. The van der Waals surface area contributed by atoms with Gasteiger partial charge in [0.2, 0.25) is 0 Å². The molecule has 4 aliphatic rings. The second-order valence-electron chi connectivity index (χ2n) is 15.6. The quantitative estimate of drug-likeness (QED) is 0.208. The molecule has 0 aliphatic carbocycles. The monoisotopic (exact) mass is 868 g/mol. The number of hydrogen-bond acceptors (Lipinski definition) is 10. The molecule has 1 atom stereocenters. The van der Waals surface area contributed by atoms with Crippen LogP contribution in [0.25, 0.3) is 0 Å². The van der Waals surface area contributed by atoms with Crippen LogP contribution in [0.15, 0.2) is 54.7 Å². The summed E-state index contributed by atoms with van der Waals surface area (Å²) >= 11 is 6.13. The lowest BCUT2D eigenvalue weighted by Gasteiger charge is -2.39. The van der Waals surface area contributed by atoms with Crippen LogP contribution in [0, 0.1) is 0 Å². The lowest BCUT2D eigenvalue weighted by atomic mass is 10.0. The SMILES string of the molecule is Nc1c(Cl)cc(C[C@@H](OC(=O)N2CCC(N3CCc4ccccc4NC3=O)CC2)C(=O)N2CCN(c3ccc(C(=O)OCC(=O)N4CCCCC4)cn3)CC2)cc1C(F)(F)F. The number of piperazine rings is 1. The van der Waals surface area contributed by atoms with Gasteiger partial charge in [-0.1, -0.05) is 29.8 Å². The van der Waals surface area contributed by atoms with E-state index in [1.165, 1.54) is 22.1 Å². The number of halogens is 4. The molecule has 5 heterocycles. The smallest absolute Gasteiger partial charge is 0.418 e. The number of nitrogens with two attached hydrogens (primary N) is 1. The van der Waals surface area contributed by atoms with Crippen molar-refractivity contribution < 1.29 is 46.6 Å². The fourth-order valence-electron chi connectivity index (χ4n) is 8.21. The summed E-state index contributed by atoms with van der Waals surface area (Å²) in [5.74, 6) is -0.990. The summed E-state index contributed by atoms with van der Waals surface area (Å²) in [6, 6.07) is 12.4. The number of benzene rings is 2. The molecule has 0 unspecified atom stereocenters. The molecule has 2 aromatic carbocycles. The van der Waals surface area contributed by atoms with E-state index in [-0.39, 0.29) is 66.9 Å². The number of pyridine rings is 1. The first-order valence-corrected chi connectivity index (χ1v) is 20.8. The van der Waals surface area contributed by atoms with Crippen LogP contribution in [0.2, 0.25) is 5.02 Å². The zero-order chi connectivity index (χ0) is 43.3. The van der Waals surface area contributed by atoms with Gasteiger partial charge < -0.3 is 45.0 Å². The first-order valence-electron chi connectivity index (χ1n) is 20.5. The predicted octanol–water partition coefficient (Wildman–Crippen LogP) is 5.46. The van der Waals surface area contributed by atoms with E-state index in [1.807, 2.05) is 29.2 Å². The zero-order valence-electron chi connectivity index (χ0n) is 33.5. The number of carbonyl (C=O) groups is 5. The van der Waals surface area contributed by atoms with Crippen molar-refractivity contribution in [2.75, 3.05) is 81.5 Å². The Balaban J connectivity index is 0.975. The topological polar surface area (TPSA) is 171 Å². The molecule has 7 rings (SSSR count). The maximum atomic E-state index is 14.1. The molecule has 5 amide bonds. The third-order valence-electron chi connectivity index (χ3n) is 11.7. The highest BCUT2D eigenvalue weighted by atomic mass is 35.5. The van der Waals surface area contributed by atoms with E-state index < -0.39 is 47.9 Å². The number of aromatic nitrogens is 1. The molecule has 15 nitrogen and oxygen atoms in total. The van der Waals surface area contributed by atoms with Gasteiger partial charge in [0.05, 0.1) is 21.8 Å². The molecular formula is C42H48ClF3N8O7. The van der Waals surface area contributed by atoms with E-state index >= 15 is 0 Å². The van der Waals surface area contributed by atoms with E-state index in [2.05, 4.69) is 10.3 Å². The number of anilines is 3. The number of nitrogen functional groups attached to an aromatic ring is 1. The molecular weight excluding hydrogens is 821 g/mol. The first kappa shape index (κ1) is 43.3. The van der Waals surface area contributed by atoms with Gasteiger partial charge in [-0.2, -0.15) is 13.2 Å². The standard InChI is InChI=1S/C42H48ClF3N8O7/c43-32-23-27(22-31(37(32)47)42(44,45)46)24-34(61-41(59)53-15-11-30(12-16-53)54-17-10-28-6-2-3-7-33(28)49-40(54)58)38(56)52-20-18-50(19-21-52)35-9-8-29(25-48-35)39(57)60-26-36(55)51-13-4-1-5-14-51/h2-3,6-9,22-23,25,30,34H,1,4-5,10-21,24,26,47H2,(H,49,58)/t34-/m1/s1. The Kier molecular flexibility index (Phi) is 13.4. The van der Waals surface area contributed by atoms with Crippen LogP contribution in [0.5, 0.6) is 0 Å². The van der Waals surface area contributed by atoms with Crippen molar-refractivity contribution >= 4 is 58.7 Å². The van der Waals surface area contributed by atoms with E-state index in [9.17, 15) is 37.1 Å². The van der Waals surface area contributed by atoms with Gasteiger partial charge in [-0.05, 0) is 80.0 Å². The molecule has 3 fully saturated rings. The molecule has 0 saturated carbocycles. The number of piperidine rings is 2. The highest BCUT2D eigenvalue weighted by Gasteiger charge is 2.38. The molecule has 4 aliphatic heterocycles. The number of nitrogens with zero attached hydrogens (tertiary/aromatic N) is 6. The average molecular weight is 869 g/mol. The van der Waals surface area contributed by atoms with Crippen LogP contribution in [0.4, 0.5) is 40.0 Å². The Morgan fingerprint density at radius 2 is 1.61 bits per heavy atom. The minimum atomic E-state index is -4.83. The van der Waals surface area contributed by atoms with Crippen molar-refractivity contribution in [3.8, 4) is 0 Å². The third-order valence-corrected chi connectivity index (χ3v) is 12.0. The van der Waals surface area contributed by atoms with Crippen LogP contribution in [-0.2, 0) is 38.1 Å². The minimum absolute atomic E-state index is 0.00173. The Hall–Kier alpha value is -5.78. The fraction of sp³-hybridized carbons (Fsp3) is 0.476. The maximum Gasteiger partial charge on any atom is 0.418 e. The lowest BCUT2D eigenvalue weighted by Crippen LogP contribution is -2.54. The summed E-state index contributed by atoms with van der Waals surface area (Å²) in [7, 11) is 0. The predicted molar refractivity (Wildman–Crippen MR) is 219 cm³/mol. The molecule has 0 spiro atoms. The minimum Gasteiger partial charge on any atom is -0.452 e. The molecule has 326 valence electrons. The number of para-hydroxylation sites is 1. The average Bonchev–Trinajstić information content (AvgIpc) is 3.44. The number of amides is 5. The van der Waals surface area contributed by atoms with Gasteiger partial charge in [-0.25, -0.2) is 19.4 Å². The van der Waals surface area contributed by atoms with Gasteiger partial charge in [0.15, 0.2) is 12.7 Å². The number of esters is 1. The molecule has 3 aromatic rings. The number of rotatable bonds is 9. The summed E-state index contributed by atoms with van der Waals surface area (Å²) in [6.45, 7) is 2.85. The lowest BCUT2D eigenvalue weighted by molar-refractivity contribution is -0.141. The number of fused-ring (bicyclic) bond motifs is 1. The van der Waals surface area contributed by atoms with Crippen molar-refractivity contribution in [2.24, 2.45) is 0 Å². The second kappa shape index (κ2) is 18.9. The summed E-state index contributed by atoms with van der Waals surface area (Å²) < 4.78 is 52.8. The maximum absolute atomic E-state index is 14.1. The largest absolute Gasteiger partial charge is 0.452 e. The van der Waals surface area contributed by atoms with Crippen molar-refractivity contribution in [3.05, 3.63) is 82.0 Å². The third kappa shape index (κ3) is 10.4. The number of alkyl halides is 3. The summed E-state index contributed by atoms with van der Waals surface area (Å²) in [5.41, 5.74) is 5.82. The molecule has 19 heteroatoms. The molecule has 61 heavy (non-hydrogen) atoms. The summed E-state index contributed by atoms with van der Waals surface area (Å²) in [5, 5.41) is 2.62. The summed E-state index contributed by atoms with van der Waals surface area (Å²) in [4.78, 5) is 78.7. The Morgan fingerprint density at radius 1 is 0.885 bits per heavy atom. The van der Waals surface area contributed by atoms with Gasteiger partial charge in [0.25, 0.3) is 11.8 Å². The molecule has 3 saturated heterocycles. The van der Waals surface area contributed by atoms with Crippen LogP contribution in [-0.4, -0.2) is 132 Å². The number of ether oxygens (including phenoxy) is 2. The fourth-order valence-corrected chi connectivity index (χ4v) is 8.45. The van der Waals surface area contributed by atoms with E-state index in [0.29, 0.717) is 57.8 Å². The van der Waals surface area contributed by atoms with Gasteiger partial charge in [-0.3, -0.25) is 9.59 Å². The van der Waals surface area contributed by atoms with E-state index in [0.717, 1.165) is 36.6 Å². The van der Waals surface area contributed by atoms with Gasteiger partial charge in [0, 0.05) is 83.2 Å². The highest BCUT2D eigenvalue weighted by Crippen LogP contribution is 2.38. The number of nitrogens with one attached hydrogen (secondary N) is 1. The Morgan fingerprint density at radius 3 is 2.30 bits per heavy atom.